The molecule has 0 bridgehead atoms. The summed E-state index contributed by atoms with van der Waals surface area (Å²) in [5.74, 6) is -0.491. The summed E-state index contributed by atoms with van der Waals surface area (Å²) in [7, 11) is 0. The first-order chi connectivity index (χ1) is 10.9. The molecule has 1 aromatic carbocycles. The number of H-pyrrole nitrogens is 1. The van der Waals surface area contributed by atoms with Crippen molar-refractivity contribution in [2.45, 2.75) is 20.8 Å². The molecule has 23 heavy (non-hydrogen) atoms. The normalized spacial score (nSPS) is 11.1. The summed E-state index contributed by atoms with van der Waals surface area (Å²) >= 11 is 0. The number of aromatic amines is 1. The van der Waals surface area contributed by atoms with Crippen LogP contribution in [0.3, 0.4) is 0 Å². The van der Waals surface area contributed by atoms with Crippen LogP contribution in [-0.2, 0) is 4.74 Å². The average molecular weight is 313 g/mol. The predicted molar refractivity (Wildman–Crippen MR) is 86.0 cm³/mol. The van der Waals surface area contributed by atoms with E-state index in [9.17, 15) is 14.4 Å². The van der Waals surface area contributed by atoms with Gasteiger partial charge in [-0.15, -0.1) is 0 Å². The first-order valence-corrected chi connectivity index (χ1v) is 7.21. The highest BCUT2D eigenvalue weighted by atomic mass is 16.5. The molecule has 0 aliphatic carbocycles. The fourth-order valence-electron chi connectivity index (χ4n) is 2.82. The van der Waals surface area contributed by atoms with E-state index in [1.807, 2.05) is 0 Å². The largest absolute Gasteiger partial charge is 0.462 e. The molecule has 0 radical (unpaired) electrons. The summed E-state index contributed by atoms with van der Waals surface area (Å²) in [4.78, 5) is 39.0. The molecule has 6 heteroatoms. The van der Waals surface area contributed by atoms with Gasteiger partial charge >= 0.3 is 11.6 Å². The van der Waals surface area contributed by atoms with Gasteiger partial charge in [0.2, 0.25) is 0 Å². The van der Waals surface area contributed by atoms with Crippen molar-refractivity contribution in [3.05, 3.63) is 55.7 Å². The number of pyridine rings is 1. The van der Waals surface area contributed by atoms with Gasteiger partial charge in [0.15, 0.2) is 5.43 Å². The minimum Gasteiger partial charge on any atom is -0.462 e. The highest BCUT2D eigenvalue weighted by Gasteiger charge is 2.20. The molecule has 0 unspecified atom stereocenters. The molecule has 0 atom stereocenters. The van der Waals surface area contributed by atoms with Crippen LogP contribution in [0.5, 0.6) is 0 Å². The van der Waals surface area contributed by atoms with E-state index < -0.39 is 11.6 Å². The minimum atomic E-state index is -0.600. The summed E-state index contributed by atoms with van der Waals surface area (Å²) < 4.78 is 10.3. The Morgan fingerprint density at radius 2 is 2.00 bits per heavy atom. The second-order valence-corrected chi connectivity index (χ2v) is 5.27. The zero-order valence-corrected chi connectivity index (χ0v) is 13.0. The van der Waals surface area contributed by atoms with E-state index in [0.717, 1.165) is 0 Å². The summed E-state index contributed by atoms with van der Waals surface area (Å²) in [6.45, 7) is 5.38. The third-order valence-corrected chi connectivity index (χ3v) is 3.80. The standard InChI is InChI=1S/C17H15NO5/c1-4-22-16(20)13-8(2)14-15(18-9(13)3)11-6-5-10(19)7-12(11)23-17(14)21/h5-7,18H,4H2,1-3H3. The number of nitrogens with one attached hydrogen (secondary N) is 1. The van der Waals surface area contributed by atoms with Crippen LogP contribution >= 0.6 is 0 Å². The molecule has 118 valence electrons. The molecule has 0 fully saturated rings. The fraction of sp³-hybridized carbons (Fsp3) is 0.235. The third kappa shape index (κ3) is 2.32. The van der Waals surface area contributed by atoms with Crippen LogP contribution in [-0.4, -0.2) is 17.6 Å². The SMILES string of the molecule is CCOC(=O)c1c(C)[nH]c2c(c1C)c(=O)oc1cc(=O)ccc12. The molecule has 0 saturated heterocycles. The van der Waals surface area contributed by atoms with Crippen LogP contribution in [0.25, 0.3) is 21.9 Å². The van der Waals surface area contributed by atoms with Crippen molar-refractivity contribution >= 4 is 27.8 Å². The average Bonchev–Trinajstić information content (AvgIpc) is 2.46. The highest BCUT2D eigenvalue weighted by molar-refractivity contribution is 6.06. The molecule has 0 aliphatic rings. The van der Waals surface area contributed by atoms with E-state index in [2.05, 4.69) is 4.98 Å². The first kappa shape index (κ1) is 15.0. The number of hydrogen-bond acceptors (Lipinski definition) is 5. The van der Waals surface area contributed by atoms with Gasteiger partial charge in [0.1, 0.15) is 5.58 Å². The highest BCUT2D eigenvalue weighted by Crippen LogP contribution is 2.26. The monoisotopic (exact) mass is 313 g/mol. The number of fused-ring (bicyclic) bond motifs is 3. The van der Waals surface area contributed by atoms with Gasteiger partial charge in [-0.25, -0.2) is 9.59 Å². The van der Waals surface area contributed by atoms with Gasteiger partial charge in [0.05, 0.1) is 23.1 Å². The maximum absolute atomic E-state index is 12.3. The lowest BCUT2D eigenvalue weighted by Crippen LogP contribution is -2.14. The number of hydrogen-bond donors (Lipinski definition) is 1. The van der Waals surface area contributed by atoms with Crippen molar-refractivity contribution in [2.75, 3.05) is 6.61 Å². The molecule has 2 heterocycles. The third-order valence-electron chi connectivity index (χ3n) is 3.80. The smallest absolute Gasteiger partial charge is 0.346 e. The lowest BCUT2D eigenvalue weighted by atomic mass is 10.0. The number of rotatable bonds is 2. The summed E-state index contributed by atoms with van der Waals surface area (Å²) in [6.07, 6.45) is 0. The van der Waals surface area contributed by atoms with Gasteiger partial charge in [-0.05, 0) is 38.5 Å². The van der Waals surface area contributed by atoms with Crippen LogP contribution in [0.4, 0.5) is 0 Å². The Morgan fingerprint density at radius 3 is 2.70 bits per heavy atom. The number of ether oxygens (including phenoxy) is 1. The number of carbonyl (C=O) groups is 1. The van der Waals surface area contributed by atoms with Crippen molar-refractivity contribution in [3.63, 3.8) is 0 Å². The van der Waals surface area contributed by atoms with Crippen molar-refractivity contribution in [1.82, 2.24) is 4.98 Å². The van der Waals surface area contributed by atoms with Gasteiger partial charge in [0, 0.05) is 17.1 Å². The van der Waals surface area contributed by atoms with Crippen molar-refractivity contribution in [3.8, 4) is 0 Å². The number of carbonyl (C=O) groups excluding carboxylic acids is 1. The quantitative estimate of drug-likeness (QED) is 0.446. The Kier molecular flexibility index (Phi) is 3.52. The molecule has 3 rings (SSSR count). The van der Waals surface area contributed by atoms with Crippen LogP contribution in [0.2, 0.25) is 0 Å². The van der Waals surface area contributed by atoms with Crippen molar-refractivity contribution in [1.29, 1.82) is 0 Å². The lowest BCUT2D eigenvalue weighted by molar-refractivity contribution is 0.0524. The van der Waals surface area contributed by atoms with E-state index in [1.165, 1.54) is 12.1 Å². The molecule has 0 aliphatic heterocycles. The minimum absolute atomic E-state index is 0.217. The van der Waals surface area contributed by atoms with Crippen molar-refractivity contribution < 1.29 is 13.9 Å². The molecule has 6 nitrogen and oxygen atoms in total. The van der Waals surface area contributed by atoms with E-state index in [4.69, 9.17) is 9.15 Å². The molecular formula is C17H15NO5. The topological polar surface area (TPSA) is 89.4 Å². The molecule has 0 amide bonds. The van der Waals surface area contributed by atoms with E-state index in [-0.39, 0.29) is 23.0 Å². The zero-order chi connectivity index (χ0) is 16.7. The number of benzene rings is 1. The summed E-state index contributed by atoms with van der Waals surface area (Å²) in [6, 6.07) is 4.27. The first-order valence-electron chi connectivity index (χ1n) is 7.21. The number of aromatic nitrogens is 1. The molecular weight excluding hydrogens is 298 g/mol. The Hall–Kier alpha value is -2.89. The zero-order valence-electron chi connectivity index (χ0n) is 13.0. The number of esters is 1. The van der Waals surface area contributed by atoms with E-state index >= 15 is 0 Å². The Morgan fingerprint density at radius 1 is 1.26 bits per heavy atom. The van der Waals surface area contributed by atoms with Gasteiger partial charge in [0.25, 0.3) is 0 Å². The second-order valence-electron chi connectivity index (χ2n) is 5.27. The van der Waals surface area contributed by atoms with Crippen LogP contribution < -0.4 is 11.1 Å². The lowest BCUT2D eigenvalue weighted by Gasteiger charge is -2.13. The summed E-state index contributed by atoms with van der Waals surface area (Å²) in [5.41, 5.74) is 1.33. The number of aryl methyl sites for hydroxylation is 2. The maximum Gasteiger partial charge on any atom is 0.346 e. The molecule has 1 N–H and O–H groups in total. The summed E-state index contributed by atoms with van der Waals surface area (Å²) in [5, 5.41) is 0.894. The van der Waals surface area contributed by atoms with Crippen LogP contribution in [0, 0.1) is 13.8 Å². The van der Waals surface area contributed by atoms with Crippen LogP contribution in [0.1, 0.15) is 28.5 Å². The Balaban J connectivity index is 2.48. The molecule has 3 aromatic rings. The maximum atomic E-state index is 12.3. The van der Waals surface area contributed by atoms with Crippen molar-refractivity contribution in [2.24, 2.45) is 0 Å². The fourth-order valence-corrected chi connectivity index (χ4v) is 2.82. The van der Waals surface area contributed by atoms with E-state index in [1.54, 1.807) is 26.8 Å². The van der Waals surface area contributed by atoms with E-state index in [0.29, 0.717) is 27.7 Å². The van der Waals surface area contributed by atoms with Gasteiger partial charge in [-0.3, -0.25) is 4.79 Å². The molecule has 0 saturated carbocycles. The van der Waals surface area contributed by atoms with Gasteiger partial charge < -0.3 is 14.1 Å². The van der Waals surface area contributed by atoms with Crippen LogP contribution in [0.15, 0.2) is 32.2 Å². The van der Waals surface area contributed by atoms with Gasteiger partial charge in [-0.2, -0.15) is 0 Å². The van der Waals surface area contributed by atoms with Gasteiger partial charge in [-0.1, -0.05) is 0 Å². The second kappa shape index (κ2) is 5.39. The predicted octanol–water partition coefficient (Wildman–Crippen LogP) is 2.43. The Bertz CT molecular complexity index is 1060. The Labute approximate surface area is 130 Å². The molecule has 0 spiro atoms. The molecule has 2 aromatic heterocycles.